The summed E-state index contributed by atoms with van der Waals surface area (Å²) in [5, 5.41) is 0. The summed E-state index contributed by atoms with van der Waals surface area (Å²) < 4.78 is 16.6. The van der Waals surface area contributed by atoms with Gasteiger partial charge in [-0.2, -0.15) is 0 Å². The Balaban J connectivity index is 1.55. The fraction of sp³-hybridized carbons (Fsp3) is 0.316. The molecule has 1 saturated heterocycles. The Labute approximate surface area is 149 Å². The number of nitrogens with zero attached hydrogens (tertiary/aromatic N) is 4. The molecule has 1 aromatic carbocycles. The number of benzene rings is 1. The van der Waals surface area contributed by atoms with Crippen LogP contribution in [0.15, 0.2) is 47.4 Å². The smallest absolute Gasteiger partial charge is 0.330 e. The van der Waals surface area contributed by atoms with Gasteiger partial charge in [-0.25, -0.2) is 14.2 Å². The van der Waals surface area contributed by atoms with Gasteiger partial charge in [0.25, 0.3) is 0 Å². The van der Waals surface area contributed by atoms with Gasteiger partial charge in [0, 0.05) is 26.3 Å². The van der Waals surface area contributed by atoms with Crippen molar-refractivity contribution in [1.82, 2.24) is 19.0 Å². The van der Waals surface area contributed by atoms with E-state index in [0.29, 0.717) is 30.7 Å². The van der Waals surface area contributed by atoms with E-state index in [4.69, 9.17) is 0 Å². The summed E-state index contributed by atoms with van der Waals surface area (Å²) >= 11 is 0. The van der Waals surface area contributed by atoms with Crippen molar-refractivity contribution in [3.63, 3.8) is 0 Å². The SMILES string of the molecule is Cn1c(=O)n([C@@H]2CCN(C(=O)Cc3cccc(F)c3)C2)c2ncccc21. The van der Waals surface area contributed by atoms with Gasteiger partial charge in [0.15, 0.2) is 5.65 Å². The van der Waals surface area contributed by atoms with Crippen LogP contribution in [0.4, 0.5) is 4.39 Å². The number of pyridine rings is 1. The molecule has 0 radical (unpaired) electrons. The van der Waals surface area contributed by atoms with Crippen molar-refractivity contribution in [2.75, 3.05) is 13.1 Å². The summed E-state index contributed by atoms with van der Waals surface area (Å²) in [6.07, 6.45) is 2.53. The maximum atomic E-state index is 13.3. The van der Waals surface area contributed by atoms with E-state index in [-0.39, 0.29) is 29.9 Å². The predicted octanol–water partition coefficient (Wildman–Crippen LogP) is 1.89. The molecule has 134 valence electrons. The van der Waals surface area contributed by atoms with Crippen LogP contribution in [0, 0.1) is 5.82 Å². The molecule has 6 nitrogen and oxygen atoms in total. The lowest BCUT2D eigenvalue weighted by atomic mass is 10.1. The fourth-order valence-electron chi connectivity index (χ4n) is 3.63. The van der Waals surface area contributed by atoms with Crippen molar-refractivity contribution in [3.05, 3.63) is 64.5 Å². The molecule has 7 heteroatoms. The van der Waals surface area contributed by atoms with Crippen LogP contribution in [0.5, 0.6) is 0 Å². The Kier molecular flexibility index (Phi) is 4.06. The van der Waals surface area contributed by atoms with E-state index in [2.05, 4.69) is 4.98 Å². The van der Waals surface area contributed by atoms with Crippen LogP contribution in [0.3, 0.4) is 0 Å². The first-order valence-electron chi connectivity index (χ1n) is 8.59. The highest BCUT2D eigenvalue weighted by molar-refractivity contribution is 5.79. The number of hydrogen-bond donors (Lipinski definition) is 0. The molecular weight excluding hydrogens is 335 g/mol. The molecule has 0 aliphatic carbocycles. The summed E-state index contributed by atoms with van der Waals surface area (Å²) in [7, 11) is 1.73. The summed E-state index contributed by atoms with van der Waals surface area (Å²) in [6.45, 7) is 1.04. The van der Waals surface area contributed by atoms with Gasteiger partial charge in [0.05, 0.1) is 18.0 Å². The zero-order valence-corrected chi connectivity index (χ0v) is 14.4. The topological polar surface area (TPSA) is 60.1 Å². The molecule has 3 heterocycles. The quantitative estimate of drug-likeness (QED) is 0.722. The highest BCUT2D eigenvalue weighted by Gasteiger charge is 2.30. The largest absolute Gasteiger partial charge is 0.340 e. The van der Waals surface area contributed by atoms with Gasteiger partial charge >= 0.3 is 5.69 Å². The van der Waals surface area contributed by atoms with Crippen molar-refractivity contribution in [3.8, 4) is 0 Å². The molecule has 4 rings (SSSR count). The second-order valence-electron chi connectivity index (χ2n) is 6.65. The highest BCUT2D eigenvalue weighted by Crippen LogP contribution is 2.24. The average molecular weight is 354 g/mol. The van der Waals surface area contributed by atoms with E-state index >= 15 is 0 Å². The molecular formula is C19H19FN4O2. The summed E-state index contributed by atoms with van der Waals surface area (Å²) in [5.74, 6) is -0.401. The number of imidazole rings is 1. The number of likely N-dealkylation sites (tertiary alicyclic amines) is 1. The third kappa shape index (κ3) is 2.79. The molecule has 1 atom stereocenters. The standard InChI is InChI=1S/C19H19FN4O2/c1-22-16-6-3-8-21-18(16)24(19(22)26)15-7-9-23(12-15)17(25)11-13-4-2-5-14(20)10-13/h2-6,8,10,15H,7,9,11-12H2,1H3/t15-/m1/s1. The van der Waals surface area contributed by atoms with E-state index < -0.39 is 0 Å². The van der Waals surface area contributed by atoms with Gasteiger partial charge in [0.2, 0.25) is 5.91 Å². The number of carbonyl (C=O) groups is 1. The Morgan fingerprint density at radius 1 is 1.31 bits per heavy atom. The highest BCUT2D eigenvalue weighted by atomic mass is 19.1. The monoisotopic (exact) mass is 354 g/mol. The molecule has 0 saturated carbocycles. The maximum Gasteiger partial charge on any atom is 0.330 e. The molecule has 0 unspecified atom stereocenters. The molecule has 1 amide bonds. The Morgan fingerprint density at radius 3 is 2.96 bits per heavy atom. The number of hydrogen-bond acceptors (Lipinski definition) is 3. The van der Waals surface area contributed by atoms with Crippen molar-refractivity contribution >= 4 is 17.1 Å². The fourth-order valence-corrected chi connectivity index (χ4v) is 3.63. The van der Waals surface area contributed by atoms with E-state index in [9.17, 15) is 14.0 Å². The molecule has 1 aliphatic heterocycles. The molecule has 0 bridgehead atoms. The number of rotatable bonds is 3. The van der Waals surface area contributed by atoms with Gasteiger partial charge in [0.1, 0.15) is 5.82 Å². The lowest BCUT2D eigenvalue weighted by molar-refractivity contribution is -0.129. The minimum Gasteiger partial charge on any atom is -0.340 e. The minimum atomic E-state index is -0.344. The first-order valence-corrected chi connectivity index (χ1v) is 8.59. The van der Waals surface area contributed by atoms with Crippen LogP contribution < -0.4 is 5.69 Å². The van der Waals surface area contributed by atoms with Gasteiger partial charge in [-0.05, 0) is 36.2 Å². The van der Waals surface area contributed by atoms with Crippen LogP contribution in [0.1, 0.15) is 18.0 Å². The van der Waals surface area contributed by atoms with Crippen molar-refractivity contribution < 1.29 is 9.18 Å². The van der Waals surface area contributed by atoms with Crippen molar-refractivity contribution in [2.45, 2.75) is 18.9 Å². The molecule has 0 spiro atoms. The summed E-state index contributed by atoms with van der Waals surface area (Å²) in [4.78, 5) is 31.3. The van der Waals surface area contributed by atoms with Crippen molar-refractivity contribution in [2.24, 2.45) is 7.05 Å². The Hall–Kier alpha value is -2.96. The third-order valence-corrected chi connectivity index (χ3v) is 4.97. The lowest BCUT2D eigenvalue weighted by Crippen LogP contribution is -2.32. The molecule has 1 aliphatic rings. The number of aryl methyl sites for hydroxylation is 1. The number of aromatic nitrogens is 3. The third-order valence-electron chi connectivity index (χ3n) is 4.97. The number of carbonyl (C=O) groups excluding carboxylic acids is 1. The van der Waals surface area contributed by atoms with Crippen molar-refractivity contribution in [1.29, 1.82) is 0 Å². The zero-order chi connectivity index (χ0) is 18.3. The second-order valence-corrected chi connectivity index (χ2v) is 6.65. The number of halogens is 1. The second kappa shape index (κ2) is 6.40. The van der Waals surface area contributed by atoms with E-state index in [1.165, 1.54) is 12.1 Å². The first kappa shape index (κ1) is 16.5. The molecule has 1 fully saturated rings. The molecule has 0 N–H and O–H groups in total. The number of amides is 1. The Morgan fingerprint density at radius 2 is 2.15 bits per heavy atom. The van der Waals surface area contributed by atoms with Crippen LogP contribution in [0.2, 0.25) is 0 Å². The van der Waals surface area contributed by atoms with Crippen LogP contribution in [-0.4, -0.2) is 38.0 Å². The maximum absolute atomic E-state index is 13.3. The summed E-state index contributed by atoms with van der Waals surface area (Å²) in [5.41, 5.74) is 1.96. The zero-order valence-electron chi connectivity index (χ0n) is 14.4. The van der Waals surface area contributed by atoms with Gasteiger partial charge in [-0.15, -0.1) is 0 Å². The van der Waals surface area contributed by atoms with Crippen LogP contribution in [0.25, 0.3) is 11.2 Å². The van der Waals surface area contributed by atoms with E-state index in [0.717, 1.165) is 5.52 Å². The van der Waals surface area contributed by atoms with Gasteiger partial charge < -0.3 is 4.90 Å². The molecule has 2 aromatic heterocycles. The van der Waals surface area contributed by atoms with Gasteiger partial charge in [-0.1, -0.05) is 12.1 Å². The molecule has 26 heavy (non-hydrogen) atoms. The normalized spacial score (nSPS) is 17.2. The van der Waals surface area contributed by atoms with E-state index in [1.54, 1.807) is 45.5 Å². The van der Waals surface area contributed by atoms with Crippen LogP contribution in [-0.2, 0) is 18.3 Å². The lowest BCUT2D eigenvalue weighted by Gasteiger charge is -2.17. The summed E-state index contributed by atoms with van der Waals surface area (Å²) in [6, 6.07) is 9.65. The van der Waals surface area contributed by atoms with Gasteiger partial charge in [-0.3, -0.25) is 13.9 Å². The first-order chi connectivity index (χ1) is 12.5. The minimum absolute atomic E-state index is 0.0562. The Bertz CT molecular complexity index is 1040. The molecule has 3 aromatic rings. The van der Waals surface area contributed by atoms with Crippen LogP contribution >= 0.6 is 0 Å². The average Bonchev–Trinajstić information content (AvgIpc) is 3.20. The van der Waals surface area contributed by atoms with E-state index in [1.807, 2.05) is 6.07 Å². The predicted molar refractivity (Wildman–Crippen MR) is 95.3 cm³/mol. The number of fused-ring (bicyclic) bond motifs is 1.